The summed E-state index contributed by atoms with van der Waals surface area (Å²) in [5, 5.41) is 11.7. The third-order valence-electron chi connectivity index (χ3n) is 4.30. The summed E-state index contributed by atoms with van der Waals surface area (Å²) in [7, 11) is 0. The van der Waals surface area contributed by atoms with Crippen LogP contribution in [0, 0.1) is 0 Å². The van der Waals surface area contributed by atoms with Crippen molar-refractivity contribution in [2.75, 3.05) is 0 Å². The molecular weight excluding hydrogens is 317 g/mol. The highest BCUT2D eigenvalue weighted by Crippen LogP contribution is 2.35. The summed E-state index contributed by atoms with van der Waals surface area (Å²) in [5.74, 6) is 0. The summed E-state index contributed by atoms with van der Waals surface area (Å²) in [6.45, 7) is 7.71. The van der Waals surface area contributed by atoms with Gasteiger partial charge in [0.1, 0.15) is 0 Å². The second-order valence-corrected chi connectivity index (χ2v) is 6.20. The van der Waals surface area contributed by atoms with Gasteiger partial charge in [-0.25, -0.2) is 0 Å². The van der Waals surface area contributed by atoms with Crippen molar-refractivity contribution in [3.63, 3.8) is 0 Å². The topological polar surface area (TPSA) is 29.5 Å². The fourth-order valence-electron chi connectivity index (χ4n) is 2.55. The van der Waals surface area contributed by atoms with E-state index in [0.29, 0.717) is 0 Å². The second-order valence-electron chi connectivity index (χ2n) is 6.20. The summed E-state index contributed by atoms with van der Waals surface area (Å²) in [6.07, 6.45) is -6.16. The van der Waals surface area contributed by atoms with Gasteiger partial charge in [0.05, 0.1) is 12.7 Å². The van der Waals surface area contributed by atoms with E-state index in [4.69, 9.17) is 4.74 Å². The Morgan fingerprint density at radius 2 is 1.83 bits per heavy atom. The number of hydrogen-bond donors (Lipinski definition) is 1. The molecule has 0 aliphatic rings. The first-order valence-corrected chi connectivity index (χ1v) is 7.63. The average Bonchev–Trinajstić information content (AvgIpc) is 2.50. The molecule has 2 nitrogen and oxygen atoms in total. The first kappa shape index (κ1) is 18.5. The van der Waals surface area contributed by atoms with E-state index in [1.807, 2.05) is 43.3 Å². The largest absolute Gasteiger partial charge is 0.419 e. The summed E-state index contributed by atoms with van der Waals surface area (Å²) in [6, 6.07) is 11.4. The van der Waals surface area contributed by atoms with Crippen LogP contribution in [0.4, 0.5) is 13.2 Å². The van der Waals surface area contributed by atoms with Crippen LogP contribution in [0.1, 0.15) is 31.9 Å². The lowest BCUT2D eigenvalue weighted by atomic mass is 9.94. The van der Waals surface area contributed by atoms with Gasteiger partial charge in [-0.2, -0.15) is 13.2 Å². The van der Waals surface area contributed by atoms with Gasteiger partial charge in [0, 0.05) is 0 Å². The Kier molecular flexibility index (Phi) is 5.06. The van der Waals surface area contributed by atoms with E-state index in [1.54, 1.807) is 0 Å². The number of alkyl halides is 3. The van der Waals surface area contributed by atoms with Crippen LogP contribution in [-0.2, 0) is 11.3 Å². The molecule has 130 valence electrons. The van der Waals surface area contributed by atoms with Crippen LogP contribution >= 0.6 is 0 Å². The lowest BCUT2D eigenvalue weighted by Crippen LogP contribution is -2.51. The maximum absolute atomic E-state index is 12.9. The molecule has 0 saturated carbocycles. The molecule has 0 aliphatic heterocycles. The number of ether oxygens (including phenoxy) is 1. The summed E-state index contributed by atoms with van der Waals surface area (Å²) < 4.78 is 44.0. The van der Waals surface area contributed by atoms with Gasteiger partial charge in [-0.15, -0.1) is 0 Å². The van der Waals surface area contributed by atoms with Gasteiger partial charge in [-0.05, 0) is 42.7 Å². The number of allylic oxidation sites excluding steroid dienone is 1. The van der Waals surface area contributed by atoms with E-state index in [9.17, 15) is 18.3 Å². The lowest BCUT2D eigenvalue weighted by Gasteiger charge is -2.32. The van der Waals surface area contributed by atoms with Crippen LogP contribution in [0.5, 0.6) is 0 Å². The Hall–Kier alpha value is -1.85. The molecule has 0 saturated heterocycles. The maximum Gasteiger partial charge on any atom is 0.419 e. The Labute approximate surface area is 139 Å². The van der Waals surface area contributed by atoms with E-state index in [-0.39, 0.29) is 6.61 Å². The Balaban J connectivity index is 2.31. The average molecular weight is 338 g/mol. The SMILES string of the molecule is C=C(C)c1c(COC(C)C(C)(O)C(F)(F)F)ccc2ccccc12. The van der Waals surface area contributed by atoms with E-state index in [1.165, 1.54) is 6.92 Å². The van der Waals surface area contributed by atoms with E-state index in [2.05, 4.69) is 6.58 Å². The molecule has 0 fully saturated rings. The zero-order valence-electron chi connectivity index (χ0n) is 13.9. The molecule has 0 amide bonds. The second kappa shape index (κ2) is 6.57. The molecule has 1 N–H and O–H groups in total. The van der Waals surface area contributed by atoms with Gasteiger partial charge < -0.3 is 9.84 Å². The Bertz CT molecular complexity index is 748. The van der Waals surface area contributed by atoms with Crippen molar-refractivity contribution in [3.05, 3.63) is 54.1 Å². The molecule has 2 rings (SSSR count). The van der Waals surface area contributed by atoms with Crippen molar-refractivity contribution in [2.45, 2.75) is 45.3 Å². The normalized spacial score (nSPS) is 16.0. The Morgan fingerprint density at radius 1 is 1.21 bits per heavy atom. The first-order chi connectivity index (χ1) is 11.1. The van der Waals surface area contributed by atoms with Gasteiger partial charge in [-0.1, -0.05) is 48.6 Å². The highest BCUT2D eigenvalue weighted by molar-refractivity contribution is 5.94. The van der Waals surface area contributed by atoms with Crippen molar-refractivity contribution in [3.8, 4) is 0 Å². The van der Waals surface area contributed by atoms with Gasteiger partial charge in [0.25, 0.3) is 0 Å². The van der Waals surface area contributed by atoms with Gasteiger partial charge in [0.15, 0.2) is 5.60 Å². The summed E-state index contributed by atoms with van der Waals surface area (Å²) in [5.41, 5.74) is -0.494. The number of aliphatic hydroxyl groups is 1. The minimum atomic E-state index is -4.76. The first-order valence-electron chi connectivity index (χ1n) is 7.63. The third-order valence-corrected chi connectivity index (χ3v) is 4.30. The third kappa shape index (κ3) is 3.47. The Morgan fingerprint density at radius 3 is 2.42 bits per heavy atom. The van der Waals surface area contributed by atoms with Gasteiger partial charge in [-0.3, -0.25) is 0 Å². The molecule has 5 heteroatoms. The van der Waals surface area contributed by atoms with Crippen LogP contribution in [0.15, 0.2) is 43.0 Å². The lowest BCUT2D eigenvalue weighted by molar-refractivity contribution is -0.287. The zero-order valence-corrected chi connectivity index (χ0v) is 13.9. The minimum absolute atomic E-state index is 0.0412. The molecule has 0 radical (unpaired) electrons. The standard InChI is InChI=1S/C19H21F3O2/c1-12(2)17-15(10-9-14-7-5-6-8-16(14)17)11-24-13(3)18(4,23)19(20,21)22/h5-10,13,23H,1,11H2,2-4H3. The van der Waals surface area contributed by atoms with Crippen LogP contribution in [0.25, 0.3) is 16.3 Å². The molecule has 2 atom stereocenters. The number of rotatable bonds is 5. The van der Waals surface area contributed by atoms with Crippen molar-refractivity contribution >= 4 is 16.3 Å². The molecule has 0 aromatic heterocycles. The van der Waals surface area contributed by atoms with E-state index >= 15 is 0 Å². The van der Waals surface area contributed by atoms with E-state index in [0.717, 1.165) is 34.4 Å². The smallest absolute Gasteiger partial charge is 0.379 e. The molecule has 2 unspecified atom stereocenters. The van der Waals surface area contributed by atoms with Crippen molar-refractivity contribution < 1.29 is 23.0 Å². The number of benzene rings is 2. The molecule has 0 spiro atoms. The number of hydrogen-bond acceptors (Lipinski definition) is 2. The summed E-state index contributed by atoms with van der Waals surface area (Å²) >= 11 is 0. The van der Waals surface area contributed by atoms with Crippen molar-refractivity contribution in [1.82, 2.24) is 0 Å². The van der Waals surface area contributed by atoms with Crippen LogP contribution in [0.3, 0.4) is 0 Å². The molecule has 0 aliphatic carbocycles. The minimum Gasteiger partial charge on any atom is -0.379 e. The van der Waals surface area contributed by atoms with Crippen molar-refractivity contribution in [1.29, 1.82) is 0 Å². The van der Waals surface area contributed by atoms with Gasteiger partial charge >= 0.3 is 6.18 Å². The molecule has 0 heterocycles. The fourth-order valence-corrected chi connectivity index (χ4v) is 2.55. The highest BCUT2D eigenvalue weighted by Gasteiger charge is 2.54. The highest BCUT2D eigenvalue weighted by atomic mass is 19.4. The maximum atomic E-state index is 12.9. The van der Waals surface area contributed by atoms with E-state index < -0.39 is 17.9 Å². The predicted molar refractivity (Wildman–Crippen MR) is 89.6 cm³/mol. The quantitative estimate of drug-likeness (QED) is 0.823. The summed E-state index contributed by atoms with van der Waals surface area (Å²) in [4.78, 5) is 0. The number of halogens is 3. The van der Waals surface area contributed by atoms with Crippen molar-refractivity contribution in [2.24, 2.45) is 0 Å². The fraction of sp³-hybridized carbons (Fsp3) is 0.368. The zero-order chi connectivity index (χ0) is 18.1. The molecule has 2 aromatic carbocycles. The van der Waals surface area contributed by atoms with Crippen LogP contribution in [0.2, 0.25) is 0 Å². The molecular formula is C19H21F3O2. The van der Waals surface area contributed by atoms with Crippen LogP contribution < -0.4 is 0 Å². The molecule has 24 heavy (non-hydrogen) atoms. The monoisotopic (exact) mass is 338 g/mol. The molecule has 0 bridgehead atoms. The van der Waals surface area contributed by atoms with Gasteiger partial charge in [0.2, 0.25) is 0 Å². The van der Waals surface area contributed by atoms with Crippen LogP contribution in [-0.4, -0.2) is 23.0 Å². The predicted octanol–water partition coefficient (Wildman–Crippen LogP) is 5.09. The number of fused-ring (bicyclic) bond motifs is 1. The molecule has 2 aromatic rings.